The third kappa shape index (κ3) is 13.8. The van der Waals surface area contributed by atoms with Gasteiger partial charge in [-0.15, -0.1) is 22.8 Å². The molecule has 0 aromatic heterocycles. The van der Waals surface area contributed by atoms with Gasteiger partial charge < -0.3 is 26.6 Å². The maximum absolute atomic E-state index is 5.94. The Labute approximate surface area is 197 Å². The summed E-state index contributed by atoms with van der Waals surface area (Å²) in [7, 11) is -4.99. The van der Waals surface area contributed by atoms with E-state index in [2.05, 4.69) is 29.4 Å². The van der Waals surface area contributed by atoms with E-state index < -0.39 is 17.6 Å². The van der Waals surface area contributed by atoms with Crippen LogP contribution in [0.4, 0.5) is 0 Å². The Morgan fingerprint density at radius 1 is 0.533 bits per heavy atom. The molecule has 0 saturated heterocycles. The van der Waals surface area contributed by atoms with Gasteiger partial charge in [0.2, 0.25) is 0 Å². The van der Waals surface area contributed by atoms with Crippen molar-refractivity contribution in [1.29, 1.82) is 0 Å². The van der Waals surface area contributed by atoms with Crippen molar-refractivity contribution in [2.24, 2.45) is 0 Å². The fraction of sp³-hybridized carbons (Fsp3) is 1.00. The first kappa shape index (κ1) is 31.3. The standard InChI is InChI=1S/C19H45O6PS2Si2/c1-8-20-29(21-9-2,22-10-3)18-14-16-27-26(7)28-17-15-19-30(23-11-4,24-12-5)25-13-6/h8-19H2,1-7H3. The molecule has 0 radical (unpaired) electrons. The van der Waals surface area contributed by atoms with E-state index in [4.69, 9.17) is 26.6 Å². The van der Waals surface area contributed by atoms with Crippen LogP contribution in [-0.4, -0.2) is 75.4 Å². The highest BCUT2D eigenvalue weighted by Gasteiger charge is 2.40. The Balaban J connectivity index is 4.25. The molecule has 0 saturated carbocycles. The van der Waals surface area contributed by atoms with E-state index >= 15 is 0 Å². The van der Waals surface area contributed by atoms with Gasteiger partial charge in [-0.1, -0.05) is 0 Å². The zero-order valence-electron chi connectivity index (χ0n) is 20.2. The van der Waals surface area contributed by atoms with Gasteiger partial charge in [-0.2, -0.15) is 0 Å². The first-order valence-electron chi connectivity index (χ1n) is 11.3. The zero-order chi connectivity index (χ0) is 22.7. The van der Waals surface area contributed by atoms with Crippen molar-refractivity contribution in [2.75, 3.05) is 57.8 Å². The maximum atomic E-state index is 5.94. The average molecular weight is 521 g/mol. The first-order chi connectivity index (χ1) is 14.5. The third-order valence-electron chi connectivity index (χ3n) is 3.99. The molecule has 0 aliphatic heterocycles. The number of rotatable bonds is 22. The summed E-state index contributed by atoms with van der Waals surface area (Å²) >= 11 is 4.12. The van der Waals surface area contributed by atoms with Crippen LogP contribution >= 0.6 is 29.1 Å². The minimum Gasteiger partial charge on any atom is -0.374 e. The summed E-state index contributed by atoms with van der Waals surface area (Å²) in [4.78, 5) is 0. The number of hydrogen-bond donors (Lipinski definition) is 0. The van der Waals surface area contributed by atoms with Crippen molar-refractivity contribution in [3.8, 4) is 0 Å². The average Bonchev–Trinajstić information content (AvgIpc) is 2.70. The number of hydrogen-bond acceptors (Lipinski definition) is 8. The van der Waals surface area contributed by atoms with Crippen LogP contribution in [0.1, 0.15) is 54.4 Å². The molecule has 0 spiro atoms. The summed E-state index contributed by atoms with van der Waals surface area (Å²) in [6.07, 6.45) is 2.03. The van der Waals surface area contributed by atoms with Crippen molar-refractivity contribution in [1.82, 2.24) is 0 Å². The van der Waals surface area contributed by atoms with Gasteiger partial charge in [-0.05, 0) is 72.6 Å². The predicted octanol–water partition coefficient (Wildman–Crippen LogP) is 6.27. The third-order valence-corrected chi connectivity index (χ3v) is 17.1. The molecule has 0 rings (SSSR count). The van der Waals surface area contributed by atoms with E-state index in [1.807, 2.05) is 41.5 Å². The van der Waals surface area contributed by atoms with Crippen molar-refractivity contribution < 1.29 is 26.6 Å². The van der Waals surface area contributed by atoms with Crippen LogP contribution in [0.15, 0.2) is 0 Å². The topological polar surface area (TPSA) is 55.4 Å². The van der Waals surface area contributed by atoms with Crippen molar-refractivity contribution in [3.63, 3.8) is 0 Å². The molecular weight excluding hydrogens is 475 g/mol. The minimum absolute atomic E-state index is 0.103. The molecule has 182 valence electrons. The molecule has 0 bridgehead atoms. The van der Waals surface area contributed by atoms with Crippen LogP contribution in [0.3, 0.4) is 0 Å². The van der Waals surface area contributed by atoms with Crippen LogP contribution in [0.5, 0.6) is 0 Å². The molecule has 0 aromatic carbocycles. The molecule has 6 nitrogen and oxygen atoms in total. The summed E-state index contributed by atoms with van der Waals surface area (Å²) in [5, 5.41) is 0. The smallest absolute Gasteiger partial charge is 0.374 e. The van der Waals surface area contributed by atoms with Gasteiger partial charge in [0, 0.05) is 58.1 Å². The van der Waals surface area contributed by atoms with Crippen molar-refractivity contribution >= 4 is 46.7 Å². The largest absolute Gasteiger partial charge is 0.500 e. The van der Waals surface area contributed by atoms with E-state index in [1.54, 1.807) is 0 Å². The second-order valence-electron chi connectivity index (χ2n) is 6.28. The lowest BCUT2D eigenvalue weighted by atomic mass is 10.6. The highest BCUT2D eigenvalue weighted by Crippen LogP contribution is 2.58. The van der Waals surface area contributed by atoms with Crippen LogP contribution in [0.2, 0.25) is 12.1 Å². The molecule has 0 N–H and O–H groups in total. The fourth-order valence-corrected chi connectivity index (χ4v) is 14.4. The Hall–Kier alpha value is 1.32. The van der Waals surface area contributed by atoms with E-state index in [1.165, 1.54) is 0 Å². The zero-order valence-corrected chi connectivity index (χ0v) is 24.7. The molecule has 0 aromatic rings. The van der Waals surface area contributed by atoms with E-state index in [-0.39, 0.29) is 6.33 Å². The van der Waals surface area contributed by atoms with Gasteiger partial charge in [0.15, 0.2) is 0 Å². The lowest BCUT2D eigenvalue weighted by Gasteiger charge is -2.28. The van der Waals surface area contributed by atoms with Gasteiger partial charge in [-0.3, -0.25) is 0 Å². The van der Waals surface area contributed by atoms with Crippen LogP contribution < -0.4 is 0 Å². The van der Waals surface area contributed by atoms with Gasteiger partial charge in [0.1, 0.15) is 0 Å². The maximum Gasteiger partial charge on any atom is 0.500 e. The Morgan fingerprint density at radius 2 is 0.800 bits per heavy atom. The van der Waals surface area contributed by atoms with Gasteiger partial charge in [0.05, 0.1) is 0 Å². The Bertz CT molecular complexity index is 334. The predicted molar refractivity (Wildman–Crippen MR) is 138 cm³/mol. The fourth-order valence-electron chi connectivity index (χ4n) is 3.00. The molecule has 0 atom stereocenters. The molecule has 0 aliphatic rings. The molecule has 0 heterocycles. The monoisotopic (exact) mass is 520 g/mol. The Morgan fingerprint density at radius 3 is 1.03 bits per heavy atom. The highest BCUT2D eigenvalue weighted by atomic mass is 33.1. The molecule has 30 heavy (non-hydrogen) atoms. The van der Waals surface area contributed by atoms with Crippen molar-refractivity contribution in [3.05, 3.63) is 0 Å². The second kappa shape index (κ2) is 19.8. The molecule has 0 aliphatic carbocycles. The summed E-state index contributed by atoms with van der Waals surface area (Å²) in [6.45, 7) is 18.3. The lowest BCUT2D eigenvalue weighted by Crippen LogP contribution is -2.46. The quantitative estimate of drug-likeness (QED) is 0.0940. The Kier molecular flexibility index (Phi) is 20.6. The van der Waals surface area contributed by atoms with Crippen LogP contribution in [0, 0.1) is 0 Å². The van der Waals surface area contributed by atoms with E-state index in [9.17, 15) is 0 Å². The molecular formula is C19H45O6PS2Si2. The van der Waals surface area contributed by atoms with Gasteiger partial charge in [0.25, 0.3) is 0 Å². The van der Waals surface area contributed by atoms with Gasteiger partial charge in [-0.25, -0.2) is 0 Å². The molecule has 0 amide bonds. The summed E-state index contributed by atoms with van der Waals surface area (Å²) in [5.41, 5.74) is 0. The van der Waals surface area contributed by atoms with Crippen LogP contribution in [-0.2, 0) is 26.6 Å². The van der Waals surface area contributed by atoms with Crippen molar-refractivity contribution in [2.45, 2.75) is 66.5 Å². The molecule has 11 heteroatoms. The first-order valence-corrected chi connectivity index (χ1v) is 20.1. The molecule has 0 unspecified atom stereocenters. The van der Waals surface area contributed by atoms with Crippen LogP contribution in [0.25, 0.3) is 0 Å². The molecule has 0 fully saturated rings. The summed E-state index contributed by atoms with van der Waals surface area (Å²) in [5.74, 6) is 2.24. The van der Waals surface area contributed by atoms with E-state index in [0.717, 1.165) is 36.4 Å². The summed E-state index contributed by atoms with van der Waals surface area (Å²) in [6, 6.07) is 1.79. The van der Waals surface area contributed by atoms with Gasteiger partial charge >= 0.3 is 17.6 Å². The highest BCUT2D eigenvalue weighted by molar-refractivity contribution is 8.88. The summed E-state index contributed by atoms with van der Waals surface area (Å²) < 4.78 is 35.7. The minimum atomic E-state index is -2.49. The normalized spacial score (nSPS) is 12.8. The second-order valence-corrected chi connectivity index (χ2v) is 19.5. The van der Waals surface area contributed by atoms with E-state index in [0.29, 0.717) is 39.6 Å². The lowest BCUT2D eigenvalue weighted by molar-refractivity contribution is 0.0704. The SMILES string of the molecule is CCO[Si](CCCSP(C)SCCC[Si](OCC)(OCC)OCC)(OCC)OCC.